The number of carboxylic acids is 2. The molecule has 0 saturated heterocycles. The van der Waals surface area contributed by atoms with Crippen LogP contribution in [-0.4, -0.2) is 43.9 Å². The number of aryl methyl sites for hydroxylation is 2. The fourth-order valence-corrected chi connectivity index (χ4v) is 11.3. The maximum atomic E-state index is 10.8. The fraction of sp³-hybridized carbons (Fsp3) is 0.192. The Kier molecular flexibility index (Phi) is 12.5. The number of carboxylic acid groups (broad SMARTS) is 2. The molecule has 0 saturated carbocycles. The Bertz CT molecular complexity index is 2380. The summed E-state index contributed by atoms with van der Waals surface area (Å²) in [6, 6.07) is 44.9. The van der Waals surface area contributed by atoms with E-state index < -0.39 is 11.9 Å². The van der Waals surface area contributed by atoms with Gasteiger partial charge >= 0.3 is 11.9 Å². The molecule has 6 aromatic rings. The van der Waals surface area contributed by atoms with Crippen LogP contribution in [0.1, 0.15) is 81.3 Å². The highest BCUT2D eigenvalue weighted by atomic mass is 32.2. The summed E-state index contributed by atoms with van der Waals surface area (Å²) in [5.74, 6) is 0.685. The van der Waals surface area contributed by atoms with Gasteiger partial charge in [-0.15, -0.1) is 23.5 Å². The summed E-state index contributed by atoms with van der Waals surface area (Å²) in [7, 11) is 0. The number of aliphatic carboxylic acids is 2. The van der Waals surface area contributed by atoms with Gasteiger partial charge in [-0.25, -0.2) is 9.59 Å². The topological polar surface area (TPSA) is 115 Å². The number of carbonyl (C=O) groups is 2. The summed E-state index contributed by atoms with van der Waals surface area (Å²) in [6.45, 7) is 8.87. The first kappa shape index (κ1) is 42.2. The molecule has 6 nitrogen and oxygen atoms in total. The molecule has 304 valence electrons. The molecule has 0 unspecified atom stereocenters. The van der Waals surface area contributed by atoms with E-state index in [0.717, 1.165) is 50.3 Å². The molecule has 2 aliphatic rings. The van der Waals surface area contributed by atoms with Crippen molar-refractivity contribution in [3.63, 3.8) is 0 Å². The standard InChI is InChI=1S/C27H26O2S.C25H22O4S/c1-18-4-12-22(13-5-18)27(3)17-30-24-16-19(2)6-14-23(24)26(27)21-10-7-20(8-11-21)9-15-25(28)29;1-25(18-7-9-19(26)10-8-18)15-30-22-14-20(27)11-12-21(22)24(25)17-5-2-16(3-6-17)4-13-23(28)29/h4-16,26H,17H2,1-3H3,(H,28,29);2-14,24,26-27H,15H2,1H3,(H,28,29)/b15-9+;13-4+/t26-,27-;24-,25-/m11/s1. The Morgan fingerprint density at radius 1 is 0.533 bits per heavy atom. The van der Waals surface area contributed by atoms with Crippen molar-refractivity contribution in [2.24, 2.45) is 0 Å². The van der Waals surface area contributed by atoms with Gasteiger partial charge in [0, 0.05) is 56.1 Å². The molecule has 8 rings (SSSR count). The second-order valence-electron chi connectivity index (χ2n) is 16.1. The number of thioether (sulfide) groups is 2. The van der Waals surface area contributed by atoms with Crippen LogP contribution in [0.5, 0.6) is 11.5 Å². The highest BCUT2D eigenvalue weighted by molar-refractivity contribution is 7.99. The van der Waals surface area contributed by atoms with Crippen LogP contribution in [0.2, 0.25) is 0 Å². The summed E-state index contributed by atoms with van der Waals surface area (Å²) in [5.41, 5.74) is 11.4. The smallest absolute Gasteiger partial charge is 0.328 e. The molecular formula is C52H48O6S2. The van der Waals surface area contributed by atoms with Gasteiger partial charge in [-0.1, -0.05) is 123 Å². The quantitative estimate of drug-likeness (QED) is 0.112. The van der Waals surface area contributed by atoms with Crippen LogP contribution in [0.4, 0.5) is 0 Å². The molecule has 0 fully saturated rings. The molecule has 0 bridgehead atoms. The summed E-state index contributed by atoms with van der Waals surface area (Å²) in [6.07, 6.45) is 5.53. The van der Waals surface area contributed by atoms with E-state index in [4.69, 9.17) is 10.2 Å². The van der Waals surface area contributed by atoms with E-state index in [0.29, 0.717) is 0 Å². The minimum Gasteiger partial charge on any atom is -0.508 e. The van der Waals surface area contributed by atoms with E-state index >= 15 is 0 Å². The van der Waals surface area contributed by atoms with Gasteiger partial charge in [0.15, 0.2) is 0 Å². The molecule has 2 heterocycles. The maximum absolute atomic E-state index is 10.8. The second-order valence-corrected chi connectivity index (χ2v) is 18.2. The van der Waals surface area contributed by atoms with Crippen LogP contribution in [0, 0.1) is 13.8 Å². The van der Waals surface area contributed by atoms with Gasteiger partial charge in [-0.3, -0.25) is 0 Å². The van der Waals surface area contributed by atoms with Gasteiger partial charge in [0.1, 0.15) is 11.5 Å². The van der Waals surface area contributed by atoms with Crippen molar-refractivity contribution in [1.82, 2.24) is 0 Å². The van der Waals surface area contributed by atoms with Gasteiger partial charge in [0.25, 0.3) is 0 Å². The molecule has 0 radical (unpaired) electrons. The molecule has 6 aromatic carbocycles. The monoisotopic (exact) mass is 832 g/mol. The van der Waals surface area contributed by atoms with Crippen LogP contribution in [-0.2, 0) is 20.4 Å². The highest BCUT2D eigenvalue weighted by Gasteiger charge is 2.43. The van der Waals surface area contributed by atoms with Gasteiger partial charge in [0.2, 0.25) is 0 Å². The zero-order chi connectivity index (χ0) is 42.6. The number of hydrogen-bond acceptors (Lipinski definition) is 6. The first-order chi connectivity index (χ1) is 28.7. The van der Waals surface area contributed by atoms with Crippen molar-refractivity contribution in [3.05, 3.63) is 201 Å². The number of rotatable bonds is 8. The molecule has 60 heavy (non-hydrogen) atoms. The number of fused-ring (bicyclic) bond motifs is 2. The van der Waals surface area contributed by atoms with E-state index in [1.165, 1.54) is 38.8 Å². The molecule has 0 aliphatic carbocycles. The van der Waals surface area contributed by atoms with E-state index in [1.54, 1.807) is 42.1 Å². The first-order valence-electron chi connectivity index (χ1n) is 19.8. The van der Waals surface area contributed by atoms with Crippen molar-refractivity contribution in [2.75, 3.05) is 11.5 Å². The second kappa shape index (κ2) is 17.7. The first-order valence-corrected chi connectivity index (χ1v) is 21.8. The Hall–Kier alpha value is -5.96. The Morgan fingerprint density at radius 3 is 1.40 bits per heavy atom. The molecule has 0 aromatic heterocycles. The molecule has 0 spiro atoms. The average Bonchev–Trinajstić information content (AvgIpc) is 3.23. The average molecular weight is 833 g/mol. The van der Waals surface area contributed by atoms with Gasteiger partial charge in [-0.05, 0) is 106 Å². The number of hydrogen-bond donors (Lipinski definition) is 4. The number of aromatic hydroxyl groups is 2. The van der Waals surface area contributed by atoms with E-state index in [2.05, 4.69) is 82.3 Å². The van der Waals surface area contributed by atoms with Crippen molar-refractivity contribution in [2.45, 2.75) is 60.2 Å². The van der Waals surface area contributed by atoms with Crippen molar-refractivity contribution in [1.29, 1.82) is 0 Å². The van der Waals surface area contributed by atoms with Crippen LogP contribution >= 0.6 is 23.5 Å². The number of phenolic OH excluding ortho intramolecular Hbond substituents is 2. The number of phenols is 2. The van der Waals surface area contributed by atoms with Crippen LogP contribution in [0.25, 0.3) is 12.2 Å². The fourth-order valence-electron chi connectivity index (χ4n) is 8.51. The zero-order valence-electron chi connectivity index (χ0n) is 34.0. The lowest BCUT2D eigenvalue weighted by Gasteiger charge is -2.43. The summed E-state index contributed by atoms with van der Waals surface area (Å²) < 4.78 is 0. The lowest BCUT2D eigenvalue weighted by molar-refractivity contribution is -0.132. The zero-order valence-corrected chi connectivity index (χ0v) is 35.6. The minimum atomic E-state index is -0.975. The minimum absolute atomic E-state index is 0.0383. The lowest BCUT2D eigenvalue weighted by atomic mass is 9.66. The van der Waals surface area contributed by atoms with Crippen molar-refractivity contribution >= 4 is 47.6 Å². The van der Waals surface area contributed by atoms with Gasteiger partial charge in [-0.2, -0.15) is 0 Å². The highest BCUT2D eigenvalue weighted by Crippen LogP contribution is 2.54. The third kappa shape index (κ3) is 9.10. The van der Waals surface area contributed by atoms with E-state index in [9.17, 15) is 19.8 Å². The predicted octanol–water partition coefficient (Wildman–Crippen LogP) is 12.0. The predicted molar refractivity (Wildman–Crippen MR) is 245 cm³/mol. The third-order valence-electron chi connectivity index (χ3n) is 11.7. The van der Waals surface area contributed by atoms with Crippen LogP contribution < -0.4 is 0 Å². The maximum Gasteiger partial charge on any atom is 0.328 e. The lowest BCUT2D eigenvalue weighted by Crippen LogP contribution is -2.36. The molecule has 4 N–H and O–H groups in total. The molecule has 0 amide bonds. The molecule has 2 aliphatic heterocycles. The number of benzene rings is 6. The summed E-state index contributed by atoms with van der Waals surface area (Å²) in [5, 5.41) is 37.5. The Labute approximate surface area is 360 Å². The van der Waals surface area contributed by atoms with E-state index in [1.807, 2.05) is 72.4 Å². The van der Waals surface area contributed by atoms with Crippen molar-refractivity contribution < 1.29 is 30.0 Å². The molecule has 8 heteroatoms. The van der Waals surface area contributed by atoms with Gasteiger partial charge < -0.3 is 20.4 Å². The Balaban J connectivity index is 0.000000181. The van der Waals surface area contributed by atoms with Crippen LogP contribution in [0.15, 0.2) is 155 Å². The van der Waals surface area contributed by atoms with Crippen LogP contribution in [0.3, 0.4) is 0 Å². The molecule has 4 atom stereocenters. The SMILES string of the molecule is C[C@]1(c2ccc(O)cc2)CSc2cc(O)ccc2[C@H]1c1ccc(/C=C/C(=O)O)cc1.Cc1ccc([C@@]2(C)CSc3cc(C)ccc3[C@H]2c2ccc(/C=C/C(=O)O)cc2)cc1. The summed E-state index contributed by atoms with van der Waals surface area (Å²) in [4.78, 5) is 24.0. The largest absolute Gasteiger partial charge is 0.508 e. The summed E-state index contributed by atoms with van der Waals surface area (Å²) >= 11 is 3.67. The van der Waals surface area contributed by atoms with E-state index in [-0.39, 0.29) is 34.2 Å². The third-order valence-corrected chi connectivity index (χ3v) is 14.5. The Morgan fingerprint density at radius 2 is 0.933 bits per heavy atom. The van der Waals surface area contributed by atoms with Crippen molar-refractivity contribution in [3.8, 4) is 11.5 Å². The normalized spacial score (nSPS) is 20.8. The van der Waals surface area contributed by atoms with Gasteiger partial charge in [0.05, 0.1) is 0 Å². The molecular weight excluding hydrogens is 785 g/mol.